The number of carbonyl (C=O) groups excluding carboxylic acids is 3. The van der Waals surface area contributed by atoms with E-state index in [0.29, 0.717) is 36.0 Å². The molecule has 8 nitrogen and oxygen atoms in total. The Bertz CT molecular complexity index is 948. The van der Waals surface area contributed by atoms with Gasteiger partial charge >= 0.3 is 5.97 Å². The fourth-order valence-electron chi connectivity index (χ4n) is 2.55. The summed E-state index contributed by atoms with van der Waals surface area (Å²) in [7, 11) is 0. The first-order chi connectivity index (χ1) is 14.8. The molecule has 2 N–H and O–H groups in total. The summed E-state index contributed by atoms with van der Waals surface area (Å²) in [4.78, 5) is 36.2. The molecule has 0 aliphatic heterocycles. The van der Waals surface area contributed by atoms with Crippen molar-refractivity contribution >= 4 is 39.4 Å². The maximum Gasteiger partial charge on any atom is 0.325 e. The third-order valence-electron chi connectivity index (χ3n) is 3.96. The zero-order valence-electron chi connectivity index (χ0n) is 17.6. The number of aryl methyl sites for hydroxylation is 1. The molecule has 2 aromatic carbocycles. The minimum absolute atomic E-state index is 0.307. The van der Waals surface area contributed by atoms with E-state index in [4.69, 9.17) is 14.2 Å². The first-order valence-corrected chi connectivity index (χ1v) is 10.5. The van der Waals surface area contributed by atoms with Gasteiger partial charge < -0.3 is 24.8 Å². The largest absolute Gasteiger partial charge is 0.490 e. The maximum absolute atomic E-state index is 12.3. The van der Waals surface area contributed by atoms with Gasteiger partial charge in [0, 0.05) is 10.0 Å². The summed E-state index contributed by atoms with van der Waals surface area (Å²) >= 11 is 3.36. The Labute approximate surface area is 189 Å². The second-order valence-corrected chi connectivity index (χ2v) is 7.26. The third kappa shape index (κ3) is 7.60. The minimum Gasteiger partial charge on any atom is -0.490 e. The third-order valence-corrected chi connectivity index (χ3v) is 4.62. The molecule has 2 rings (SSSR count). The van der Waals surface area contributed by atoms with Gasteiger partial charge in [-0.3, -0.25) is 14.4 Å². The number of hydrogen-bond donors (Lipinski definition) is 2. The van der Waals surface area contributed by atoms with Crippen LogP contribution in [0.25, 0.3) is 0 Å². The predicted molar refractivity (Wildman–Crippen MR) is 120 cm³/mol. The van der Waals surface area contributed by atoms with Gasteiger partial charge in [0.15, 0.2) is 18.1 Å². The molecule has 0 radical (unpaired) electrons. The van der Waals surface area contributed by atoms with E-state index in [1.807, 2.05) is 32.9 Å². The molecule has 0 saturated heterocycles. The lowest BCUT2D eigenvalue weighted by Crippen LogP contribution is -2.32. The normalized spacial score (nSPS) is 10.2. The van der Waals surface area contributed by atoms with Crippen LogP contribution >= 0.6 is 15.9 Å². The van der Waals surface area contributed by atoms with Crippen LogP contribution in [0.2, 0.25) is 0 Å². The molecule has 9 heteroatoms. The van der Waals surface area contributed by atoms with Crippen LogP contribution in [0.1, 0.15) is 29.8 Å². The summed E-state index contributed by atoms with van der Waals surface area (Å²) in [6, 6.07) is 10.2. The molecule has 0 bridgehead atoms. The van der Waals surface area contributed by atoms with Crippen molar-refractivity contribution in [1.82, 2.24) is 5.32 Å². The number of hydrogen-bond acceptors (Lipinski definition) is 6. The molecule has 166 valence electrons. The van der Waals surface area contributed by atoms with E-state index in [2.05, 4.69) is 26.6 Å². The summed E-state index contributed by atoms with van der Waals surface area (Å²) in [5, 5.41) is 5.10. The molecule has 31 heavy (non-hydrogen) atoms. The van der Waals surface area contributed by atoms with Crippen LogP contribution in [0.15, 0.2) is 40.9 Å². The molecule has 0 unspecified atom stereocenters. The summed E-state index contributed by atoms with van der Waals surface area (Å²) in [6.07, 6.45) is 0. The van der Waals surface area contributed by atoms with E-state index >= 15 is 0 Å². The second kappa shape index (κ2) is 11.9. The van der Waals surface area contributed by atoms with Gasteiger partial charge in [0.25, 0.3) is 11.8 Å². The lowest BCUT2D eigenvalue weighted by molar-refractivity contribution is -0.146. The molecule has 0 aliphatic rings. The van der Waals surface area contributed by atoms with Crippen molar-refractivity contribution in [3.05, 3.63) is 52.0 Å². The molecular formula is C22H25BrN2O6. The number of nitrogens with one attached hydrogen (secondary N) is 2. The fraction of sp³-hybridized carbons (Fsp3) is 0.318. The molecule has 0 saturated carbocycles. The van der Waals surface area contributed by atoms with Crippen molar-refractivity contribution in [3.8, 4) is 11.5 Å². The Hall–Kier alpha value is -3.07. The van der Waals surface area contributed by atoms with E-state index in [-0.39, 0.29) is 6.54 Å². The molecule has 0 fully saturated rings. The first kappa shape index (κ1) is 24.2. The van der Waals surface area contributed by atoms with Crippen LogP contribution in [-0.4, -0.2) is 44.1 Å². The molecule has 0 aromatic heterocycles. The highest BCUT2D eigenvalue weighted by atomic mass is 79.9. The zero-order chi connectivity index (χ0) is 22.8. The standard InChI is InChI=1S/C22H25BrN2O6/c1-4-29-18-9-7-15(11-19(18)30-5-2)22(28)24-12-21(27)31-13-20(26)25-17-8-6-14(3)10-16(17)23/h6-11H,4-5,12-13H2,1-3H3,(H,24,28)(H,25,26). The van der Waals surface area contributed by atoms with Crippen molar-refractivity contribution in [2.45, 2.75) is 20.8 Å². The summed E-state index contributed by atoms with van der Waals surface area (Å²) in [5.74, 6) is -0.724. The fourth-order valence-corrected chi connectivity index (χ4v) is 3.14. The van der Waals surface area contributed by atoms with E-state index in [0.717, 1.165) is 10.0 Å². The molecule has 2 amide bonds. The number of halogens is 1. The molecule has 2 aromatic rings. The van der Waals surface area contributed by atoms with Gasteiger partial charge in [0.1, 0.15) is 6.54 Å². The van der Waals surface area contributed by atoms with Crippen LogP contribution in [-0.2, 0) is 14.3 Å². The van der Waals surface area contributed by atoms with E-state index in [9.17, 15) is 14.4 Å². The lowest BCUT2D eigenvalue weighted by atomic mass is 10.2. The number of benzene rings is 2. The lowest BCUT2D eigenvalue weighted by Gasteiger charge is -2.12. The van der Waals surface area contributed by atoms with E-state index < -0.39 is 24.4 Å². The molecule has 0 aliphatic carbocycles. The average Bonchev–Trinajstić information content (AvgIpc) is 2.74. The monoisotopic (exact) mass is 492 g/mol. The first-order valence-electron chi connectivity index (χ1n) is 9.73. The SMILES string of the molecule is CCOc1ccc(C(=O)NCC(=O)OCC(=O)Nc2ccc(C)cc2Br)cc1OCC. The summed E-state index contributed by atoms with van der Waals surface area (Å²) in [5.41, 5.74) is 1.91. The molecule has 0 atom stereocenters. The maximum atomic E-state index is 12.3. The topological polar surface area (TPSA) is 103 Å². The molecular weight excluding hydrogens is 468 g/mol. The number of anilines is 1. The van der Waals surface area contributed by atoms with Crippen molar-refractivity contribution in [3.63, 3.8) is 0 Å². The van der Waals surface area contributed by atoms with Gasteiger partial charge in [-0.15, -0.1) is 0 Å². The van der Waals surface area contributed by atoms with Crippen molar-refractivity contribution in [2.75, 3.05) is 31.7 Å². The Balaban J connectivity index is 1.83. The highest BCUT2D eigenvalue weighted by molar-refractivity contribution is 9.10. The highest BCUT2D eigenvalue weighted by Crippen LogP contribution is 2.28. The summed E-state index contributed by atoms with van der Waals surface area (Å²) in [6.45, 7) is 5.64. The van der Waals surface area contributed by atoms with E-state index in [1.165, 1.54) is 0 Å². The van der Waals surface area contributed by atoms with Gasteiger partial charge in [-0.2, -0.15) is 0 Å². The summed E-state index contributed by atoms with van der Waals surface area (Å²) < 4.78 is 16.6. The number of carbonyl (C=O) groups is 3. The predicted octanol–water partition coefficient (Wildman–Crippen LogP) is 3.47. The van der Waals surface area contributed by atoms with Gasteiger partial charge in [-0.1, -0.05) is 6.07 Å². The Morgan fingerprint density at radius 3 is 2.35 bits per heavy atom. The van der Waals surface area contributed by atoms with Crippen molar-refractivity contribution in [1.29, 1.82) is 0 Å². The Kier molecular flexibility index (Phi) is 9.33. The van der Waals surface area contributed by atoms with Crippen LogP contribution in [0, 0.1) is 6.92 Å². The molecule has 0 heterocycles. The average molecular weight is 493 g/mol. The number of ether oxygens (including phenoxy) is 3. The Morgan fingerprint density at radius 1 is 0.968 bits per heavy atom. The van der Waals surface area contributed by atoms with Gasteiger partial charge in [0.05, 0.1) is 18.9 Å². The van der Waals surface area contributed by atoms with Crippen molar-refractivity contribution < 1.29 is 28.6 Å². The highest BCUT2D eigenvalue weighted by Gasteiger charge is 2.14. The van der Waals surface area contributed by atoms with Gasteiger partial charge in [-0.05, 0) is 72.6 Å². The van der Waals surface area contributed by atoms with Crippen LogP contribution in [0.5, 0.6) is 11.5 Å². The van der Waals surface area contributed by atoms with Gasteiger partial charge in [-0.25, -0.2) is 0 Å². The van der Waals surface area contributed by atoms with Crippen molar-refractivity contribution in [2.24, 2.45) is 0 Å². The Morgan fingerprint density at radius 2 is 1.68 bits per heavy atom. The zero-order valence-corrected chi connectivity index (χ0v) is 19.2. The number of rotatable bonds is 10. The minimum atomic E-state index is -0.734. The van der Waals surface area contributed by atoms with Crippen LogP contribution in [0.4, 0.5) is 5.69 Å². The number of esters is 1. The van der Waals surface area contributed by atoms with E-state index in [1.54, 1.807) is 24.3 Å². The van der Waals surface area contributed by atoms with Gasteiger partial charge in [0.2, 0.25) is 0 Å². The molecule has 0 spiro atoms. The second-order valence-electron chi connectivity index (χ2n) is 6.40. The van der Waals surface area contributed by atoms with Crippen LogP contribution < -0.4 is 20.1 Å². The quantitative estimate of drug-likeness (QED) is 0.492. The van der Waals surface area contributed by atoms with Crippen LogP contribution in [0.3, 0.4) is 0 Å². The number of amides is 2. The smallest absolute Gasteiger partial charge is 0.325 e.